The fourth-order valence-corrected chi connectivity index (χ4v) is 1.81. The van der Waals surface area contributed by atoms with Crippen LogP contribution in [0.3, 0.4) is 0 Å². The van der Waals surface area contributed by atoms with Gasteiger partial charge >= 0.3 is 6.18 Å². The molecule has 0 amide bonds. The van der Waals surface area contributed by atoms with E-state index in [1.54, 1.807) is 0 Å². The van der Waals surface area contributed by atoms with E-state index in [-0.39, 0.29) is 12.8 Å². The molecule has 0 aliphatic heterocycles. The molecule has 1 fully saturated rings. The molecule has 2 rings (SSSR count). The second-order valence-corrected chi connectivity index (χ2v) is 4.65. The van der Waals surface area contributed by atoms with Crippen LogP contribution in [0.2, 0.25) is 5.02 Å². The summed E-state index contributed by atoms with van der Waals surface area (Å²) in [4.78, 5) is 9.75. The fraction of sp³-hybridized carbons (Fsp3) is 0.400. The summed E-state index contributed by atoms with van der Waals surface area (Å²) in [6.07, 6.45) is -4.92. The van der Waals surface area contributed by atoms with Crippen LogP contribution in [0.25, 0.3) is 0 Å². The summed E-state index contributed by atoms with van der Waals surface area (Å²) < 4.78 is 51.4. The van der Waals surface area contributed by atoms with Crippen molar-refractivity contribution in [2.75, 3.05) is 5.32 Å². The van der Waals surface area contributed by atoms with Crippen LogP contribution >= 0.6 is 11.6 Å². The maximum absolute atomic E-state index is 13.1. The molecule has 0 saturated heterocycles. The molecule has 0 atom stereocenters. The SMILES string of the molecule is O=[N+]([O-])c1cc(F)c(Cl)cc1NC1(C(F)(F)F)CC1. The van der Waals surface area contributed by atoms with Gasteiger partial charge in [-0.05, 0) is 18.9 Å². The topological polar surface area (TPSA) is 55.2 Å². The van der Waals surface area contributed by atoms with Crippen LogP contribution in [-0.2, 0) is 0 Å². The Morgan fingerprint density at radius 1 is 1.37 bits per heavy atom. The number of rotatable bonds is 3. The van der Waals surface area contributed by atoms with Crippen molar-refractivity contribution in [3.05, 3.63) is 33.1 Å². The Balaban J connectivity index is 2.40. The summed E-state index contributed by atoms with van der Waals surface area (Å²) in [6, 6.07) is 1.29. The van der Waals surface area contributed by atoms with Crippen molar-refractivity contribution in [2.45, 2.75) is 24.6 Å². The van der Waals surface area contributed by atoms with Gasteiger partial charge in [-0.2, -0.15) is 13.2 Å². The quantitative estimate of drug-likeness (QED) is 0.523. The van der Waals surface area contributed by atoms with Crippen molar-refractivity contribution in [1.82, 2.24) is 0 Å². The van der Waals surface area contributed by atoms with Gasteiger partial charge in [0.1, 0.15) is 17.0 Å². The molecule has 0 bridgehead atoms. The lowest BCUT2D eigenvalue weighted by atomic mass is 10.2. The molecule has 1 aromatic rings. The average molecular weight is 299 g/mol. The highest BCUT2D eigenvalue weighted by Crippen LogP contribution is 2.52. The van der Waals surface area contributed by atoms with Crippen LogP contribution in [0.1, 0.15) is 12.8 Å². The van der Waals surface area contributed by atoms with Crippen molar-refractivity contribution in [1.29, 1.82) is 0 Å². The molecule has 0 heterocycles. The number of nitro groups is 1. The maximum atomic E-state index is 13.1. The van der Waals surface area contributed by atoms with Crippen molar-refractivity contribution in [3.8, 4) is 0 Å². The van der Waals surface area contributed by atoms with Gasteiger partial charge in [-0.3, -0.25) is 10.1 Å². The van der Waals surface area contributed by atoms with Crippen molar-refractivity contribution < 1.29 is 22.5 Å². The highest BCUT2D eigenvalue weighted by molar-refractivity contribution is 6.31. The lowest BCUT2D eigenvalue weighted by Gasteiger charge is -2.21. The van der Waals surface area contributed by atoms with Gasteiger partial charge < -0.3 is 5.32 Å². The van der Waals surface area contributed by atoms with Gasteiger partial charge in [0.05, 0.1) is 16.0 Å². The number of hydrogen-bond donors (Lipinski definition) is 1. The third-order valence-corrected chi connectivity index (χ3v) is 3.19. The predicted molar refractivity (Wildman–Crippen MR) is 59.7 cm³/mol. The molecular weight excluding hydrogens is 292 g/mol. The summed E-state index contributed by atoms with van der Waals surface area (Å²) in [5.74, 6) is -1.06. The van der Waals surface area contributed by atoms with Gasteiger partial charge in [-0.25, -0.2) is 4.39 Å². The van der Waals surface area contributed by atoms with Gasteiger partial charge in [0.15, 0.2) is 0 Å². The first kappa shape index (κ1) is 13.9. The molecule has 4 nitrogen and oxygen atoms in total. The smallest absolute Gasteiger partial charge is 0.366 e. The summed E-state index contributed by atoms with van der Waals surface area (Å²) in [5, 5.41) is 12.3. The molecule has 1 aromatic carbocycles. The monoisotopic (exact) mass is 298 g/mol. The number of halogens is 5. The maximum Gasteiger partial charge on any atom is 0.411 e. The van der Waals surface area contributed by atoms with E-state index in [0.29, 0.717) is 6.07 Å². The van der Waals surface area contributed by atoms with Crippen molar-refractivity contribution in [3.63, 3.8) is 0 Å². The largest absolute Gasteiger partial charge is 0.411 e. The number of alkyl halides is 3. The highest BCUT2D eigenvalue weighted by Gasteiger charge is 2.64. The van der Waals surface area contributed by atoms with Gasteiger partial charge in [0.25, 0.3) is 5.69 Å². The van der Waals surface area contributed by atoms with Crippen LogP contribution in [0.15, 0.2) is 12.1 Å². The Morgan fingerprint density at radius 2 is 1.95 bits per heavy atom. The molecule has 0 spiro atoms. The zero-order chi connectivity index (χ0) is 14.4. The van der Waals surface area contributed by atoms with Crippen LogP contribution in [0.4, 0.5) is 28.9 Å². The van der Waals surface area contributed by atoms with E-state index in [1.165, 1.54) is 0 Å². The van der Waals surface area contributed by atoms with Gasteiger partial charge in [-0.1, -0.05) is 11.6 Å². The van der Waals surface area contributed by atoms with Gasteiger partial charge in [-0.15, -0.1) is 0 Å². The molecule has 104 valence electrons. The third kappa shape index (κ3) is 2.44. The first-order chi connectivity index (χ1) is 8.66. The van der Waals surface area contributed by atoms with Gasteiger partial charge in [0.2, 0.25) is 0 Å². The van der Waals surface area contributed by atoms with Crippen LogP contribution in [0, 0.1) is 15.9 Å². The minimum absolute atomic E-state index is 0.192. The molecule has 0 radical (unpaired) electrons. The molecule has 0 unspecified atom stereocenters. The van der Waals surface area contributed by atoms with E-state index in [0.717, 1.165) is 6.07 Å². The molecule has 1 aliphatic rings. The van der Waals surface area contributed by atoms with Crippen LogP contribution < -0.4 is 5.32 Å². The Bertz CT molecular complexity index is 543. The zero-order valence-corrected chi connectivity index (χ0v) is 9.98. The molecule has 0 aromatic heterocycles. The molecule has 1 aliphatic carbocycles. The summed E-state index contributed by atoms with van der Waals surface area (Å²) >= 11 is 5.44. The number of hydrogen-bond acceptors (Lipinski definition) is 3. The van der Waals surface area contributed by atoms with Crippen LogP contribution in [0.5, 0.6) is 0 Å². The lowest BCUT2D eigenvalue weighted by Crippen LogP contribution is -2.38. The lowest BCUT2D eigenvalue weighted by molar-refractivity contribution is -0.384. The fourth-order valence-electron chi connectivity index (χ4n) is 1.65. The van der Waals surface area contributed by atoms with E-state index in [4.69, 9.17) is 11.6 Å². The van der Waals surface area contributed by atoms with Gasteiger partial charge in [0, 0.05) is 0 Å². The Hall–Kier alpha value is -1.57. The average Bonchev–Trinajstić information content (AvgIpc) is 3.03. The second-order valence-electron chi connectivity index (χ2n) is 4.25. The molecule has 1 N–H and O–H groups in total. The predicted octanol–water partition coefficient (Wildman–Crippen LogP) is 3.89. The molecular formula is C10H7ClF4N2O2. The third-order valence-electron chi connectivity index (χ3n) is 2.90. The van der Waals surface area contributed by atoms with E-state index in [9.17, 15) is 27.7 Å². The molecule has 9 heteroatoms. The minimum Gasteiger partial charge on any atom is -0.366 e. The zero-order valence-electron chi connectivity index (χ0n) is 9.22. The van der Waals surface area contributed by atoms with Crippen molar-refractivity contribution >= 4 is 23.0 Å². The van der Waals surface area contributed by atoms with E-state index >= 15 is 0 Å². The normalized spacial score (nSPS) is 17.1. The number of nitrogens with zero attached hydrogens (tertiary/aromatic N) is 1. The van der Waals surface area contributed by atoms with E-state index in [1.807, 2.05) is 0 Å². The van der Waals surface area contributed by atoms with Crippen LogP contribution in [-0.4, -0.2) is 16.6 Å². The van der Waals surface area contributed by atoms with Crippen molar-refractivity contribution in [2.24, 2.45) is 0 Å². The summed E-state index contributed by atoms with van der Waals surface area (Å²) in [7, 11) is 0. The summed E-state index contributed by atoms with van der Waals surface area (Å²) in [5.41, 5.74) is -3.40. The number of nitrogens with one attached hydrogen (secondary N) is 1. The molecule has 19 heavy (non-hydrogen) atoms. The molecule has 1 saturated carbocycles. The first-order valence-electron chi connectivity index (χ1n) is 5.15. The minimum atomic E-state index is -4.54. The second kappa shape index (κ2) is 4.22. The Labute approximate surface area is 109 Å². The Morgan fingerprint density at radius 3 is 2.37 bits per heavy atom. The Kier molecular flexibility index (Phi) is 3.08. The standard InChI is InChI=1S/C10H7ClF4N2O2/c11-5-3-7(8(17(18)19)4-6(5)12)16-9(1-2-9)10(13,14)15/h3-4,16H,1-2H2. The summed E-state index contributed by atoms with van der Waals surface area (Å²) in [6.45, 7) is 0. The van der Waals surface area contributed by atoms with E-state index < -0.39 is 38.9 Å². The number of nitro benzene ring substituents is 1. The number of anilines is 1. The first-order valence-corrected chi connectivity index (χ1v) is 5.52. The number of benzene rings is 1. The van der Waals surface area contributed by atoms with E-state index in [2.05, 4.69) is 5.32 Å². The highest BCUT2D eigenvalue weighted by atomic mass is 35.5.